The van der Waals surface area contributed by atoms with Crippen molar-refractivity contribution < 1.29 is 23.6 Å². The minimum absolute atomic E-state index is 0.144. The van der Waals surface area contributed by atoms with Crippen molar-refractivity contribution in [2.75, 3.05) is 14.2 Å². The summed E-state index contributed by atoms with van der Waals surface area (Å²) in [7, 11) is 2.52. The maximum absolute atomic E-state index is 12.5. The van der Waals surface area contributed by atoms with Gasteiger partial charge in [-0.2, -0.15) is 0 Å². The van der Waals surface area contributed by atoms with Gasteiger partial charge in [0.1, 0.15) is 6.26 Å². The van der Waals surface area contributed by atoms with Crippen molar-refractivity contribution in [3.63, 3.8) is 0 Å². The number of carbonyl (C=O) groups excluding carboxylic acids is 2. The summed E-state index contributed by atoms with van der Waals surface area (Å²) >= 11 is 0. The molecule has 1 aliphatic rings. The Morgan fingerprint density at radius 3 is 2.41 bits per heavy atom. The van der Waals surface area contributed by atoms with Crippen molar-refractivity contribution in [2.24, 2.45) is 5.41 Å². The second kappa shape index (κ2) is 5.29. The number of aromatic nitrogens is 1. The van der Waals surface area contributed by atoms with E-state index in [1.54, 1.807) is 0 Å². The molecule has 0 spiro atoms. The predicted molar refractivity (Wildman–Crippen MR) is 75.0 cm³/mol. The number of hydrogen-bond acceptors (Lipinski definition) is 6. The smallest absolute Gasteiger partial charge is 0.324 e. The zero-order valence-corrected chi connectivity index (χ0v) is 12.2. The minimum Gasteiger partial charge on any atom is -0.468 e. The lowest BCUT2D eigenvalue weighted by atomic mass is 9.73. The van der Waals surface area contributed by atoms with Crippen molar-refractivity contribution in [2.45, 2.75) is 12.3 Å². The molecule has 1 aromatic heterocycles. The van der Waals surface area contributed by atoms with Crippen molar-refractivity contribution >= 4 is 11.9 Å². The van der Waals surface area contributed by atoms with Crippen LogP contribution in [0.25, 0.3) is 0 Å². The molecule has 1 aromatic carbocycles. The Kier molecular flexibility index (Phi) is 3.44. The van der Waals surface area contributed by atoms with E-state index < -0.39 is 23.3 Å². The molecule has 1 atom stereocenters. The number of fused-ring (bicyclic) bond motifs is 1. The van der Waals surface area contributed by atoms with Gasteiger partial charge in [-0.15, -0.1) is 0 Å². The van der Waals surface area contributed by atoms with Gasteiger partial charge in [0.15, 0.2) is 5.41 Å². The van der Waals surface area contributed by atoms with Gasteiger partial charge in [-0.3, -0.25) is 9.59 Å². The maximum atomic E-state index is 12.5. The van der Waals surface area contributed by atoms with Gasteiger partial charge in [0.25, 0.3) is 0 Å². The van der Waals surface area contributed by atoms with E-state index in [-0.39, 0.29) is 6.42 Å². The Labute approximate surface area is 127 Å². The molecular weight excluding hydrogens is 286 g/mol. The van der Waals surface area contributed by atoms with Crippen LogP contribution in [-0.4, -0.2) is 31.3 Å². The van der Waals surface area contributed by atoms with Crippen molar-refractivity contribution in [3.8, 4) is 0 Å². The number of esters is 2. The predicted octanol–water partition coefficient (Wildman–Crippen LogP) is 1.69. The normalized spacial score (nSPS) is 18.5. The summed E-state index contributed by atoms with van der Waals surface area (Å²) in [5.41, 5.74) is 0.594. The number of ether oxygens (including phenoxy) is 2. The zero-order valence-electron chi connectivity index (χ0n) is 12.2. The molecule has 0 fully saturated rings. The Bertz CT molecular complexity index is 690. The highest BCUT2D eigenvalue weighted by Crippen LogP contribution is 2.51. The molecular formula is C16H15NO5. The lowest BCUT2D eigenvalue weighted by Gasteiger charge is -2.29. The first-order valence-electron chi connectivity index (χ1n) is 6.80. The quantitative estimate of drug-likeness (QED) is 0.634. The summed E-state index contributed by atoms with van der Waals surface area (Å²) in [6, 6.07) is 9.23. The zero-order chi connectivity index (χ0) is 15.7. The van der Waals surface area contributed by atoms with Crippen LogP contribution < -0.4 is 0 Å². The second-order valence-electron chi connectivity index (χ2n) is 5.20. The summed E-state index contributed by atoms with van der Waals surface area (Å²) < 4.78 is 14.8. The Morgan fingerprint density at radius 2 is 1.82 bits per heavy atom. The van der Waals surface area contributed by atoms with E-state index in [1.165, 1.54) is 20.5 Å². The van der Waals surface area contributed by atoms with Crippen LogP contribution in [0.1, 0.15) is 22.7 Å². The molecule has 6 nitrogen and oxygen atoms in total. The van der Waals surface area contributed by atoms with Crippen LogP contribution in [0.15, 0.2) is 41.1 Å². The van der Waals surface area contributed by atoms with Crippen LogP contribution in [0.4, 0.5) is 0 Å². The number of rotatable bonds is 3. The first-order valence-corrected chi connectivity index (χ1v) is 6.80. The molecule has 114 valence electrons. The third-order valence-corrected chi connectivity index (χ3v) is 4.14. The summed E-state index contributed by atoms with van der Waals surface area (Å²) in [5, 5.41) is 3.99. The molecule has 0 N–H and O–H groups in total. The number of hydrogen-bond donors (Lipinski definition) is 0. The largest absolute Gasteiger partial charge is 0.468 e. The fraction of sp³-hybridized carbons (Fsp3) is 0.312. The molecule has 0 aliphatic heterocycles. The number of methoxy groups -OCH3 is 2. The lowest BCUT2D eigenvalue weighted by molar-refractivity contribution is -0.169. The first kappa shape index (κ1) is 14.3. The highest BCUT2D eigenvalue weighted by molar-refractivity contribution is 6.03. The van der Waals surface area contributed by atoms with Crippen molar-refractivity contribution in [1.29, 1.82) is 0 Å². The Morgan fingerprint density at radius 1 is 1.18 bits per heavy atom. The van der Waals surface area contributed by atoms with Crippen LogP contribution in [0.3, 0.4) is 0 Å². The standard InChI is InChI=1S/C16H15NO5/c1-20-14(18)16(15(19)21-2)8-11-9-22-17-13(11)12(16)10-6-4-3-5-7-10/h3-7,9,12H,8H2,1-2H3/t12-/m1/s1. The van der Waals surface area contributed by atoms with Gasteiger partial charge in [0.05, 0.1) is 25.8 Å². The van der Waals surface area contributed by atoms with Gasteiger partial charge in [0.2, 0.25) is 0 Å². The van der Waals surface area contributed by atoms with E-state index in [0.29, 0.717) is 11.3 Å². The minimum atomic E-state index is -1.47. The lowest BCUT2D eigenvalue weighted by Crippen LogP contribution is -2.45. The van der Waals surface area contributed by atoms with Crippen LogP contribution in [0, 0.1) is 5.41 Å². The molecule has 0 radical (unpaired) electrons. The third kappa shape index (κ3) is 1.83. The highest BCUT2D eigenvalue weighted by atomic mass is 16.5. The van der Waals surface area contributed by atoms with Crippen LogP contribution in [0.2, 0.25) is 0 Å². The van der Waals surface area contributed by atoms with Gasteiger partial charge in [-0.05, 0) is 5.56 Å². The van der Waals surface area contributed by atoms with Gasteiger partial charge >= 0.3 is 11.9 Å². The van der Waals surface area contributed by atoms with Crippen molar-refractivity contribution in [1.82, 2.24) is 5.16 Å². The molecule has 1 aliphatic carbocycles. The molecule has 0 bridgehead atoms. The third-order valence-electron chi connectivity index (χ3n) is 4.14. The first-order chi connectivity index (χ1) is 10.6. The molecule has 3 rings (SSSR count). The van der Waals surface area contributed by atoms with E-state index >= 15 is 0 Å². The van der Waals surface area contributed by atoms with Crippen LogP contribution in [0.5, 0.6) is 0 Å². The molecule has 2 aromatic rings. The summed E-state index contributed by atoms with van der Waals surface area (Å²) in [5.74, 6) is -1.86. The molecule has 6 heteroatoms. The van der Waals surface area contributed by atoms with E-state index in [2.05, 4.69) is 5.16 Å². The molecule has 0 saturated heterocycles. The average molecular weight is 301 g/mol. The monoisotopic (exact) mass is 301 g/mol. The SMILES string of the molecule is COC(=O)C1(C(=O)OC)Cc2conc2[C@H]1c1ccccc1. The van der Waals surface area contributed by atoms with E-state index in [0.717, 1.165) is 5.56 Å². The fourth-order valence-corrected chi connectivity index (χ4v) is 3.19. The fourth-order valence-electron chi connectivity index (χ4n) is 3.19. The maximum Gasteiger partial charge on any atom is 0.324 e. The number of nitrogens with zero attached hydrogens (tertiary/aromatic N) is 1. The van der Waals surface area contributed by atoms with E-state index in [1.807, 2.05) is 30.3 Å². The Hall–Kier alpha value is -2.63. The van der Waals surface area contributed by atoms with Crippen LogP contribution in [-0.2, 0) is 25.5 Å². The molecule has 0 unspecified atom stereocenters. The molecule has 0 amide bonds. The molecule has 0 saturated carbocycles. The Balaban J connectivity index is 2.22. The molecule has 1 heterocycles. The summed E-state index contributed by atoms with van der Waals surface area (Å²) in [4.78, 5) is 25.0. The summed E-state index contributed by atoms with van der Waals surface area (Å²) in [6.07, 6.45) is 1.60. The van der Waals surface area contributed by atoms with Crippen LogP contribution >= 0.6 is 0 Å². The van der Waals surface area contributed by atoms with Crippen molar-refractivity contribution in [3.05, 3.63) is 53.4 Å². The van der Waals surface area contributed by atoms with Gasteiger partial charge in [-0.25, -0.2) is 0 Å². The van der Waals surface area contributed by atoms with Gasteiger partial charge < -0.3 is 14.0 Å². The summed E-state index contributed by atoms with van der Waals surface area (Å²) in [6.45, 7) is 0. The van der Waals surface area contributed by atoms with E-state index in [9.17, 15) is 9.59 Å². The highest BCUT2D eigenvalue weighted by Gasteiger charge is 2.61. The van der Waals surface area contributed by atoms with Gasteiger partial charge in [-0.1, -0.05) is 35.5 Å². The van der Waals surface area contributed by atoms with E-state index in [4.69, 9.17) is 14.0 Å². The topological polar surface area (TPSA) is 78.6 Å². The van der Waals surface area contributed by atoms with Gasteiger partial charge in [0, 0.05) is 12.0 Å². The second-order valence-corrected chi connectivity index (χ2v) is 5.20. The average Bonchev–Trinajstić information content (AvgIpc) is 3.12. The number of benzene rings is 1. The molecule has 22 heavy (non-hydrogen) atoms. The number of carbonyl (C=O) groups is 2.